The second kappa shape index (κ2) is 10.8. The molecule has 36 heavy (non-hydrogen) atoms. The zero-order valence-corrected chi connectivity index (χ0v) is 22.0. The molecule has 1 amide bonds. The number of carbonyl (C=O) groups excluding carboxylic acids is 2. The molecular weight excluding hydrogens is 532 g/mol. The Kier molecular flexibility index (Phi) is 7.75. The number of hydrogen-bond donors (Lipinski definition) is 2. The Balaban J connectivity index is 1.85. The number of carbonyl (C=O) groups is 2. The number of rotatable bonds is 8. The van der Waals surface area contributed by atoms with Crippen LogP contribution in [0.5, 0.6) is 23.0 Å². The lowest BCUT2D eigenvalue weighted by Gasteiger charge is -2.28. The van der Waals surface area contributed by atoms with Crippen molar-refractivity contribution < 1.29 is 34.0 Å². The Morgan fingerprint density at radius 2 is 1.83 bits per heavy atom. The van der Waals surface area contributed by atoms with E-state index >= 15 is 0 Å². The molecule has 1 fully saturated rings. The molecule has 2 aromatic carbocycles. The van der Waals surface area contributed by atoms with Crippen molar-refractivity contribution in [1.29, 1.82) is 0 Å². The lowest BCUT2D eigenvalue weighted by Crippen LogP contribution is -2.38. The highest BCUT2D eigenvalue weighted by atomic mass is 79.9. The van der Waals surface area contributed by atoms with Crippen LogP contribution in [0.1, 0.15) is 31.0 Å². The fraction of sp³-hybridized carbons (Fsp3) is 0.385. The summed E-state index contributed by atoms with van der Waals surface area (Å²) >= 11 is 3.33. The van der Waals surface area contributed by atoms with E-state index in [0.29, 0.717) is 46.9 Å². The number of ether oxygens (including phenoxy) is 3. The number of methoxy groups -OCH3 is 1. The smallest absolute Gasteiger partial charge is 0.295 e. The van der Waals surface area contributed by atoms with Gasteiger partial charge in [0.25, 0.3) is 11.7 Å². The Morgan fingerprint density at radius 3 is 2.50 bits per heavy atom. The summed E-state index contributed by atoms with van der Waals surface area (Å²) in [5, 5.41) is 21.7. The Morgan fingerprint density at radius 1 is 1.14 bits per heavy atom. The van der Waals surface area contributed by atoms with Crippen molar-refractivity contribution in [3.63, 3.8) is 0 Å². The quantitative estimate of drug-likeness (QED) is 0.286. The molecule has 1 saturated heterocycles. The van der Waals surface area contributed by atoms with Gasteiger partial charge in [-0.3, -0.25) is 9.59 Å². The van der Waals surface area contributed by atoms with Crippen LogP contribution < -0.4 is 14.2 Å². The molecule has 1 atom stereocenters. The number of benzene rings is 2. The molecule has 0 saturated carbocycles. The van der Waals surface area contributed by atoms with E-state index < -0.39 is 17.7 Å². The molecule has 0 radical (unpaired) electrons. The van der Waals surface area contributed by atoms with E-state index in [1.54, 1.807) is 30.3 Å². The molecule has 9 nitrogen and oxygen atoms in total. The molecule has 2 aliphatic rings. The van der Waals surface area contributed by atoms with E-state index in [1.807, 2.05) is 13.8 Å². The highest BCUT2D eigenvalue weighted by Crippen LogP contribution is 2.45. The van der Waals surface area contributed by atoms with Crippen LogP contribution in [0, 0.1) is 0 Å². The van der Waals surface area contributed by atoms with Crippen LogP contribution in [0.4, 0.5) is 0 Å². The van der Waals surface area contributed by atoms with Gasteiger partial charge >= 0.3 is 0 Å². The number of aliphatic hydroxyl groups excluding tert-OH is 1. The number of phenols is 1. The fourth-order valence-corrected chi connectivity index (χ4v) is 4.96. The third kappa shape index (κ3) is 4.75. The molecule has 0 spiro atoms. The van der Waals surface area contributed by atoms with Crippen LogP contribution in [-0.4, -0.2) is 78.2 Å². The Bertz CT molecular complexity index is 1210. The summed E-state index contributed by atoms with van der Waals surface area (Å²) in [6.45, 7) is 7.26. The van der Waals surface area contributed by atoms with Gasteiger partial charge in [-0.25, -0.2) is 0 Å². The van der Waals surface area contributed by atoms with E-state index in [4.69, 9.17) is 14.2 Å². The number of likely N-dealkylation sites (N-methyl/N-ethyl adjacent to an activating group) is 1. The number of fused-ring (bicyclic) bond motifs is 1. The number of phenolic OH excluding ortho intramolecular Hbond substituents is 1. The van der Waals surface area contributed by atoms with Crippen LogP contribution in [-0.2, 0) is 9.59 Å². The zero-order valence-electron chi connectivity index (χ0n) is 20.4. The van der Waals surface area contributed by atoms with Gasteiger partial charge in [0, 0.05) is 18.7 Å². The van der Waals surface area contributed by atoms with E-state index in [-0.39, 0.29) is 29.4 Å². The first-order valence-corrected chi connectivity index (χ1v) is 12.6. The normalized spacial score (nSPS) is 18.7. The summed E-state index contributed by atoms with van der Waals surface area (Å²) in [6, 6.07) is 7.18. The molecule has 0 aliphatic carbocycles. The summed E-state index contributed by atoms with van der Waals surface area (Å²) < 4.78 is 16.8. The van der Waals surface area contributed by atoms with Crippen molar-refractivity contribution in [2.24, 2.45) is 0 Å². The maximum atomic E-state index is 13.3. The maximum absolute atomic E-state index is 13.3. The van der Waals surface area contributed by atoms with Crippen LogP contribution in [0.15, 0.2) is 40.4 Å². The van der Waals surface area contributed by atoms with Gasteiger partial charge in [0.2, 0.25) is 0 Å². The summed E-state index contributed by atoms with van der Waals surface area (Å²) in [5.41, 5.74) is 0.793. The van der Waals surface area contributed by atoms with Crippen molar-refractivity contribution in [3.8, 4) is 23.0 Å². The summed E-state index contributed by atoms with van der Waals surface area (Å²) in [7, 11) is 1.41. The van der Waals surface area contributed by atoms with E-state index in [9.17, 15) is 19.8 Å². The minimum Gasteiger partial charge on any atom is -0.507 e. The third-order valence-electron chi connectivity index (χ3n) is 6.49. The van der Waals surface area contributed by atoms with Crippen molar-refractivity contribution in [3.05, 3.63) is 51.5 Å². The van der Waals surface area contributed by atoms with Crippen molar-refractivity contribution in [2.45, 2.75) is 19.9 Å². The first-order valence-electron chi connectivity index (χ1n) is 11.8. The standard InChI is InChI=1S/C26H29BrN2O7/c1-4-28(5-2)8-9-29-22(16-12-17(27)24(31)20(14-16)34-3)21(25(32)26(29)33)23(30)15-6-7-18-19(13-15)36-11-10-35-18/h6-7,12-14,22,30-31H,4-5,8-11H2,1-3H3/t22-/m1/s1. The second-order valence-corrected chi connectivity index (χ2v) is 9.29. The highest BCUT2D eigenvalue weighted by Gasteiger charge is 2.46. The number of halogens is 1. The first-order chi connectivity index (χ1) is 17.3. The fourth-order valence-electron chi connectivity index (χ4n) is 4.50. The molecular formula is C26H29BrN2O7. The SMILES string of the molecule is CCN(CC)CCN1C(=O)C(=O)C(=C(O)c2ccc3c(c2)OCCO3)[C@H]1c1cc(Br)c(O)c(OC)c1. The van der Waals surface area contributed by atoms with Gasteiger partial charge in [-0.15, -0.1) is 0 Å². The predicted octanol–water partition coefficient (Wildman–Crippen LogP) is 3.70. The van der Waals surface area contributed by atoms with Crippen LogP contribution in [0.25, 0.3) is 5.76 Å². The van der Waals surface area contributed by atoms with Crippen LogP contribution in [0.3, 0.4) is 0 Å². The van der Waals surface area contributed by atoms with Gasteiger partial charge in [0.15, 0.2) is 23.0 Å². The number of amides is 1. The average Bonchev–Trinajstić information content (AvgIpc) is 3.15. The van der Waals surface area contributed by atoms with Gasteiger partial charge in [0.1, 0.15) is 19.0 Å². The summed E-state index contributed by atoms with van der Waals surface area (Å²) in [5.74, 6) is -0.734. The third-order valence-corrected chi connectivity index (χ3v) is 7.10. The lowest BCUT2D eigenvalue weighted by atomic mass is 9.94. The molecule has 2 N–H and O–H groups in total. The molecule has 192 valence electrons. The summed E-state index contributed by atoms with van der Waals surface area (Å²) in [6.07, 6.45) is 0. The molecule has 2 heterocycles. The molecule has 0 aromatic heterocycles. The largest absolute Gasteiger partial charge is 0.507 e. The highest BCUT2D eigenvalue weighted by molar-refractivity contribution is 9.10. The number of Topliss-reactive ketones (excluding diaryl/α,β-unsaturated/α-hetero) is 1. The predicted molar refractivity (Wildman–Crippen MR) is 137 cm³/mol. The van der Waals surface area contributed by atoms with Crippen molar-refractivity contribution in [1.82, 2.24) is 9.80 Å². The molecule has 0 bridgehead atoms. The van der Waals surface area contributed by atoms with Crippen molar-refractivity contribution in [2.75, 3.05) is 46.5 Å². The number of aliphatic hydroxyl groups is 1. The maximum Gasteiger partial charge on any atom is 0.295 e. The lowest BCUT2D eigenvalue weighted by molar-refractivity contribution is -0.140. The number of likely N-dealkylation sites (tertiary alicyclic amines) is 1. The first kappa shape index (κ1) is 25.8. The molecule has 2 aliphatic heterocycles. The van der Waals surface area contributed by atoms with Crippen molar-refractivity contribution >= 4 is 33.4 Å². The molecule has 4 rings (SSSR count). The van der Waals surface area contributed by atoms with Gasteiger partial charge in [-0.2, -0.15) is 0 Å². The zero-order chi connectivity index (χ0) is 26.0. The van der Waals surface area contributed by atoms with Crippen LogP contribution >= 0.6 is 15.9 Å². The average molecular weight is 561 g/mol. The van der Waals surface area contributed by atoms with Crippen LogP contribution in [0.2, 0.25) is 0 Å². The summed E-state index contributed by atoms with van der Waals surface area (Å²) in [4.78, 5) is 30.2. The number of hydrogen-bond acceptors (Lipinski definition) is 8. The van der Waals surface area contributed by atoms with Gasteiger partial charge in [-0.05, 0) is 64.9 Å². The second-order valence-electron chi connectivity index (χ2n) is 8.43. The Labute approximate surface area is 218 Å². The molecule has 0 unspecified atom stereocenters. The van der Waals surface area contributed by atoms with Gasteiger partial charge in [0.05, 0.1) is 23.2 Å². The number of aromatic hydroxyl groups is 1. The molecule has 2 aromatic rings. The van der Waals surface area contributed by atoms with E-state index in [2.05, 4.69) is 20.8 Å². The number of nitrogens with zero attached hydrogens (tertiary/aromatic N) is 2. The van der Waals surface area contributed by atoms with E-state index in [0.717, 1.165) is 13.1 Å². The van der Waals surface area contributed by atoms with Gasteiger partial charge in [-0.1, -0.05) is 13.8 Å². The minimum atomic E-state index is -0.889. The monoisotopic (exact) mass is 560 g/mol. The minimum absolute atomic E-state index is 0.0455. The Hall–Kier alpha value is -3.24. The number of ketones is 1. The molecule has 10 heteroatoms. The van der Waals surface area contributed by atoms with E-state index in [1.165, 1.54) is 12.0 Å². The topological polar surface area (TPSA) is 109 Å². The van der Waals surface area contributed by atoms with Gasteiger partial charge < -0.3 is 34.2 Å².